The number of anilines is 2. The topological polar surface area (TPSA) is 75.6 Å². The Kier molecular flexibility index (Phi) is 8.67. The second-order valence-corrected chi connectivity index (χ2v) is 9.56. The number of rotatable bonds is 8. The Labute approximate surface area is 218 Å². The summed E-state index contributed by atoms with van der Waals surface area (Å²) in [5, 5.41) is 0. The van der Waals surface area contributed by atoms with Crippen LogP contribution in [0.4, 0.5) is 11.6 Å². The van der Waals surface area contributed by atoms with Crippen LogP contribution in [0.25, 0.3) is 17.2 Å². The van der Waals surface area contributed by atoms with Gasteiger partial charge in [0.25, 0.3) is 0 Å². The summed E-state index contributed by atoms with van der Waals surface area (Å²) >= 11 is 0. The molecule has 2 heterocycles. The second kappa shape index (κ2) is 12.3. The summed E-state index contributed by atoms with van der Waals surface area (Å²) < 4.78 is 4.69. The molecule has 0 unspecified atom stereocenters. The lowest BCUT2D eigenvalue weighted by Crippen LogP contribution is -2.37. The molecule has 37 heavy (non-hydrogen) atoms. The Bertz CT molecular complexity index is 1230. The number of aromatic nitrogens is 2. The molecule has 4 rings (SSSR count). The first-order valence-corrected chi connectivity index (χ1v) is 12.7. The largest absolute Gasteiger partial charge is 0.466 e. The number of carbonyl (C=O) groups is 2. The summed E-state index contributed by atoms with van der Waals surface area (Å²) in [4.78, 5) is 38.0. The van der Waals surface area contributed by atoms with Crippen molar-refractivity contribution < 1.29 is 14.3 Å². The maximum Gasteiger partial charge on any atom is 0.330 e. The molecule has 3 aromatic rings. The van der Waals surface area contributed by atoms with Gasteiger partial charge in [-0.2, -0.15) is 0 Å². The lowest BCUT2D eigenvalue weighted by atomic mass is 9.88. The monoisotopic (exact) mass is 498 g/mol. The molecule has 2 aromatic heterocycles. The third kappa shape index (κ3) is 6.82. The van der Waals surface area contributed by atoms with Crippen molar-refractivity contribution in [3.05, 3.63) is 78.1 Å². The fourth-order valence-electron chi connectivity index (χ4n) is 4.57. The molecule has 0 aliphatic heterocycles. The number of nitrogens with zero attached hydrogens (tertiary/aromatic N) is 4. The number of ether oxygens (including phenoxy) is 1. The highest BCUT2D eigenvalue weighted by molar-refractivity contribution is 5.94. The highest BCUT2D eigenvalue weighted by Gasteiger charge is 2.28. The van der Waals surface area contributed by atoms with Gasteiger partial charge in [0.2, 0.25) is 5.91 Å². The molecule has 0 spiro atoms. The van der Waals surface area contributed by atoms with E-state index >= 15 is 0 Å². The Morgan fingerprint density at radius 3 is 2.32 bits per heavy atom. The molecule has 0 atom stereocenters. The van der Waals surface area contributed by atoms with Crippen molar-refractivity contribution in [2.75, 3.05) is 31.0 Å². The SMILES string of the molecule is COC(=O)/C=C/c1ccnc(N(Cc2ccc(-c3ccc(N(C)C)nc3)cc2)C(=O)C2CCCCC2)c1. The van der Waals surface area contributed by atoms with Gasteiger partial charge in [0, 0.05) is 44.0 Å². The molecule has 1 aliphatic carbocycles. The number of benzene rings is 1. The van der Waals surface area contributed by atoms with Crippen LogP contribution < -0.4 is 9.80 Å². The molecule has 0 bridgehead atoms. The Balaban J connectivity index is 1.58. The highest BCUT2D eigenvalue weighted by atomic mass is 16.5. The van der Waals surface area contributed by atoms with Gasteiger partial charge in [0.15, 0.2) is 0 Å². The maximum atomic E-state index is 13.7. The summed E-state index contributed by atoms with van der Waals surface area (Å²) in [6, 6.07) is 15.9. The fraction of sp³-hybridized carbons (Fsp3) is 0.333. The van der Waals surface area contributed by atoms with Gasteiger partial charge in [-0.05, 0) is 59.9 Å². The van der Waals surface area contributed by atoms with Crippen molar-refractivity contribution in [1.82, 2.24) is 9.97 Å². The van der Waals surface area contributed by atoms with E-state index in [0.29, 0.717) is 12.4 Å². The van der Waals surface area contributed by atoms with Gasteiger partial charge < -0.3 is 9.64 Å². The minimum absolute atomic E-state index is 0.00498. The van der Waals surface area contributed by atoms with E-state index in [4.69, 9.17) is 4.74 Å². The van der Waals surface area contributed by atoms with E-state index in [1.807, 2.05) is 37.3 Å². The minimum Gasteiger partial charge on any atom is -0.466 e. The molecule has 0 N–H and O–H groups in total. The van der Waals surface area contributed by atoms with Crippen LogP contribution in [0.1, 0.15) is 43.2 Å². The molecule has 0 radical (unpaired) electrons. The number of pyridine rings is 2. The van der Waals surface area contributed by atoms with Crippen LogP contribution in [0.2, 0.25) is 0 Å². The first-order chi connectivity index (χ1) is 17.9. The van der Waals surface area contributed by atoms with Gasteiger partial charge >= 0.3 is 5.97 Å². The van der Waals surface area contributed by atoms with Crippen LogP contribution in [0.3, 0.4) is 0 Å². The average molecular weight is 499 g/mol. The summed E-state index contributed by atoms with van der Waals surface area (Å²) in [5.74, 6) is 1.17. The molecule has 192 valence electrons. The average Bonchev–Trinajstić information content (AvgIpc) is 2.95. The summed E-state index contributed by atoms with van der Waals surface area (Å²) in [7, 11) is 5.28. The van der Waals surface area contributed by atoms with Gasteiger partial charge in [-0.15, -0.1) is 0 Å². The van der Waals surface area contributed by atoms with Crippen LogP contribution in [0.15, 0.2) is 67.0 Å². The number of carbonyl (C=O) groups excluding carboxylic acids is 2. The van der Waals surface area contributed by atoms with E-state index in [1.54, 1.807) is 23.2 Å². The lowest BCUT2D eigenvalue weighted by Gasteiger charge is -2.29. The van der Waals surface area contributed by atoms with Crippen molar-refractivity contribution >= 4 is 29.6 Å². The van der Waals surface area contributed by atoms with E-state index in [1.165, 1.54) is 19.6 Å². The standard InChI is InChI=1S/C30H34N4O3/c1-33(2)27-15-14-26(20-32-27)24-12-9-23(10-13-24)21-34(30(36)25-7-5-4-6-8-25)28-19-22(17-18-31-28)11-16-29(35)37-3/h9-20,25H,4-8,21H2,1-3H3/b16-11+. The summed E-state index contributed by atoms with van der Waals surface area (Å²) in [5.41, 5.74) is 3.91. The molecule has 1 aliphatic rings. The molecule has 1 aromatic carbocycles. The van der Waals surface area contributed by atoms with Crippen LogP contribution in [0, 0.1) is 5.92 Å². The number of methoxy groups -OCH3 is 1. The first kappa shape index (κ1) is 26.1. The van der Waals surface area contributed by atoms with Crippen molar-refractivity contribution in [2.45, 2.75) is 38.6 Å². The lowest BCUT2D eigenvalue weighted by molar-refractivity contribution is -0.134. The Morgan fingerprint density at radius 1 is 0.946 bits per heavy atom. The highest BCUT2D eigenvalue weighted by Crippen LogP contribution is 2.29. The Morgan fingerprint density at radius 2 is 1.68 bits per heavy atom. The third-order valence-corrected chi connectivity index (χ3v) is 6.71. The Hall–Kier alpha value is -4.00. The smallest absolute Gasteiger partial charge is 0.330 e. The summed E-state index contributed by atoms with van der Waals surface area (Å²) in [6.07, 6.45) is 11.7. The predicted octanol–water partition coefficient (Wildman–Crippen LogP) is 5.51. The fourth-order valence-corrected chi connectivity index (χ4v) is 4.57. The molecular weight excluding hydrogens is 464 g/mol. The van der Waals surface area contributed by atoms with Crippen LogP contribution in [-0.4, -0.2) is 43.0 Å². The maximum absolute atomic E-state index is 13.7. The van der Waals surface area contributed by atoms with Crippen molar-refractivity contribution in [3.63, 3.8) is 0 Å². The zero-order chi connectivity index (χ0) is 26.2. The van der Waals surface area contributed by atoms with Crippen molar-refractivity contribution in [3.8, 4) is 11.1 Å². The first-order valence-electron chi connectivity index (χ1n) is 12.7. The second-order valence-electron chi connectivity index (χ2n) is 9.56. The third-order valence-electron chi connectivity index (χ3n) is 6.71. The van der Waals surface area contributed by atoms with Crippen LogP contribution in [0.5, 0.6) is 0 Å². The van der Waals surface area contributed by atoms with Gasteiger partial charge in [0.1, 0.15) is 11.6 Å². The van der Waals surface area contributed by atoms with Crippen LogP contribution >= 0.6 is 0 Å². The van der Waals surface area contributed by atoms with Crippen molar-refractivity contribution in [2.24, 2.45) is 5.92 Å². The number of amides is 1. The minimum atomic E-state index is -0.430. The number of hydrogen-bond donors (Lipinski definition) is 0. The number of esters is 1. The number of hydrogen-bond acceptors (Lipinski definition) is 6. The van der Waals surface area contributed by atoms with Gasteiger partial charge in [0.05, 0.1) is 13.7 Å². The zero-order valence-corrected chi connectivity index (χ0v) is 21.8. The quantitative estimate of drug-likeness (QED) is 0.301. The van der Waals surface area contributed by atoms with E-state index in [2.05, 4.69) is 40.3 Å². The molecule has 7 heteroatoms. The molecule has 1 fully saturated rings. The van der Waals surface area contributed by atoms with E-state index in [0.717, 1.165) is 53.8 Å². The zero-order valence-electron chi connectivity index (χ0n) is 21.8. The predicted molar refractivity (Wildman–Crippen MR) is 147 cm³/mol. The normalized spacial score (nSPS) is 13.9. The molecule has 1 amide bonds. The van der Waals surface area contributed by atoms with Crippen molar-refractivity contribution in [1.29, 1.82) is 0 Å². The van der Waals surface area contributed by atoms with Gasteiger partial charge in [-0.3, -0.25) is 9.69 Å². The van der Waals surface area contributed by atoms with Crippen LogP contribution in [-0.2, 0) is 20.9 Å². The molecule has 7 nitrogen and oxygen atoms in total. The molecule has 1 saturated carbocycles. The van der Waals surface area contributed by atoms with E-state index < -0.39 is 5.97 Å². The van der Waals surface area contributed by atoms with Gasteiger partial charge in [-0.25, -0.2) is 14.8 Å². The molecule has 0 saturated heterocycles. The summed E-state index contributed by atoms with van der Waals surface area (Å²) in [6.45, 7) is 0.421. The van der Waals surface area contributed by atoms with Gasteiger partial charge in [-0.1, -0.05) is 43.5 Å². The van der Waals surface area contributed by atoms with E-state index in [-0.39, 0.29) is 11.8 Å². The molecular formula is C30H34N4O3. The van der Waals surface area contributed by atoms with E-state index in [9.17, 15) is 9.59 Å².